The van der Waals surface area contributed by atoms with Crippen LogP contribution in [0.5, 0.6) is 0 Å². The highest BCUT2D eigenvalue weighted by atomic mass is 16.1. The van der Waals surface area contributed by atoms with Crippen LogP contribution in [0.3, 0.4) is 0 Å². The molecule has 1 aromatic heterocycles. The van der Waals surface area contributed by atoms with E-state index in [1.165, 1.54) is 4.80 Å². The Balaban J connectivity index is 1.38. The van der Waals surface area contributed by atoms with Gasteiger partial charge in [0.25, 0.3) is 0 Å². The molecule has 1 amide bonds. The van der Waals surface area contributed by atoms with Crippen LogP contribution < -0.4 is 5.73 Å². The van der Waals surface area contributed by atoms with Crippen LogP contribution in [-0.4, -0.2) is 50.6 Å². The number of nitrogens with two attached hydrogens (primary N) is 1. The van der Waals surface area contributed by atoms with Crippen LogP contribution >= 0.6 is 0 Å². The Morgan fingerprint density at radius 1 is 0.921 bits per heavy atom. The average Bonchev–Trinajstić information content (AvgIpc) is 3.44. The second-order valence-corrected chi connectivity index (χ2v) is 9.90. The summed E-state index contributed by atoms with van der Waals surface area (Å²) in [6.45, 7) is 2.33. The molecule has 8 nitrogen and oxygen atoms in total. The number of primary amides is 1. The minimum absolute atomic E-state index is 0.0980. The first-order valence-corrected chi connectivity index (χ1v) is 12.9. The largest absolute Gasteiger partial charge is 0.368 e. The Bertz CT molecular complexity index is 1350. The van der Waals surface area contributed by atoms with Crippen molar-refractivity contribution in [2.24, 2.45) is 5.73 Å². The van der Waals surface area contributed by atoms with Gasteiger partial charge in [0.1, 0.15) is 12.0 Å². The standard InChI is InChI=1S/C30H31N7O/c31-23-30(25-12-6-2-7-13-25,26-14-8-3-9-15-26)18-21-36-19-16-29(17-20-36,24-10-4-1-5-11-24)28-33-35-37(34-28)22-27(32)38/h1-15H,16-22H2,(H2,32,38). The molecule has 1 fully saturated rings. The Kier molecular flexibility index (Phi) is 7.29. The number of aromatic nitrogens is 4. The van der Waals surface area contributed by atoms with Gasteiger partial charge in [-0.25, -0.2) is 0 Å². The number of nitrogens with zero attached hydrogens (tertiary/aromatic N) is 6. The molecular formula is C30H31N7O. The molecule has 0 bridgehead atoms. The van der Waals surface area contributed by atoms with E-state index in [1.54, 1.807) is 0 Å². The van der Waals surface area contributed by atoms with Crippen LogP contribution in [0.1, 0.15) is 41.8 Å². The number of piperidine rings is 1. The molecule has 1 saturated heterocycles. The molecule has 0 atom stereocenters. The third kappa shape index (κ3) is 4.93. The van der Waals surface area contributed by atoms with Crippen molar-refractivity contribution >= 4 is 5.91 Å². The van der Waals surface area contributed by atoms with Gasteiger partial charge in [0, 0.05) is 6.54 Å². The summed E-state index contributed by atoms with van der Waals surface area (Å²) in [5.74, 6) is 0.111. The van der Waals surface area contributed by atoms with Gasteiger partial charge in [0.15, 0.2) is 5.82 Å². The summed E-state index contributed by atoms with van der Waals surface area (Å²) in [5, 5.41) is 23.5. The molecule has 1 aliphatic rings. The van der Waals surface area contributed by atoms with Gasteiger partial charge in [0.2, 0.25) is 5.91 Å². The van der Waals surface area contributed by atoms with Crippen molar-refractivity contribution in [2.45, 2.75) is 36.6 Å². The number of tetrazole rings is 1. The number of benzene rings is 3. The first kappa shape index (κ1) is 25.3. The van der Waals surface area contributed by atoms with Gasteiger partial charge in [-0.15, -0.1) is 10.2 Å². The first-order valence-electron chi connectivity index (χ1n) is 12.9. The summed E-state index contributed by atoms with van der Waals surface area (Å²) >= 11 is 0. The zero-order valence-corrected chi connectivity index (χ0v) is 21.3. The van der Waals surface area contributed by atoms with Crippen LogP contribution in [0, 0.1) is 11.3 Å². The van der Waals surface area contributed by atoms with Gasteiger partial charge in [-0.1, -0.05) is 91.0 Å². The number of carbonyl (C=O) groups is 1. The molecule has 0 spiro atoms. The van der Waals surface area contributed by atoms with Crippen molar-refractivity contribution in [1.29, 1.82) is 5.26 Å². The molecule has 5 rings (SSSR count). The van der Waals surface area contributed by atoms with E-state index in [4.69, 9.17) is 5.73 Å². The minimum Gasteiger partial charge on any atom is -0.368 e. The highest BCUT2D eigenvalue weighted by molar-refractivity contribution is 5.73. The average molecular weight is 506 g/mol. The molecule has 0 saturated carbocycles. The molecule has 0 radical (unpaired) electrons. The summed E-state index contributed by atoms with van der Waals surface area (Å²) < 4.78 is 0. The van der Waals surface area contributed by atoms with Crippen LogP contribution in [0.2, 0.25) is 0 Å². The van der Waals surface area contributed by atoms with Crippen molar-refractivity contribution in [3.8, 4) is 6.07 Å². The SMILES string of the molecule is N#CC(CCN1CCC(c2ccccc2)(c2nnn(CC(N)=O)n2)CC1)(c1ccccc1)c1ccccc1. The van der Waals surface area contributed by atoms with Gasteiger partial charge in [-0.05, 0) is 54.3 Å². The molecule has 1 aliphatic heterocycles. The van der Waals surface area contributed by atoms with Crippen LogP contribution in [0.25, 0.3) is 0 Å². The molecule has 0 unspecified atom stereocenters. The zero-order valence-electron chi connectivity index (χ0n) is 21.3. The fourth-order valence-corrected chi connectivity index (χ4v) is 5.61. The lowest BCUT2D eigenvalue weighted by molar-refractivity contribution is -0.119. The Labute approximate surface area is 222 Å². The van der Waals surface area contributed by atoms with E-state index in [-0.39, 0.29) is 6.54 Å². The lowest BCUT2D eigenvalue weighted by Crippen LogP contribution is -2.45. The van der Waals surface area contributed by atoms with E-state index in [1.807, 2.05) is 78.9 Å². The quantitative estimate of drug-likeness (QED) is 0.373. The van der Waals surface area contributed by atoms with E-state index < -0.39 is 16.7 Å². The second-order valence-electron chi connectivity index (χ2n) is 9.90. The van der Waals surface area contributed by atoms with E-state index in [0.29, 0.717) is 12.2 Å². The number of likely N-dealkylation sites (tertiary alicyclic amines) is 1. The van der Waals surface area contributed by atoms with Crippen molar-refractivity contribution < 1.29 is 4.79 Å². The summed E-state index contributed by atoms with van der Waals surface area (Å²) in [6, 6.07) is 33.1. The lowest BCUT2D eigenvalue weighted by Gasteiger charge is -2.41. The van der Waals surface area contributed by atoms with Gasteiger partial charge >= 0.3 is 0 Å². The van der Waals surface area contributed by atoms with Gasteiger partial charge in [-0.2, -0.15) is 10.1 Å². The van der Waals surface area contributed by atoms with Gasteiger partial charge in [0.05, 0.1) is 11.5 Å². The van der Waals surface area contributed by atoms with Crippen LogP contribution in [-0.2, 0) is 22.2 Å². The van der Waals surface area contributed by atoms with Crippen LogP contribution in [0.4, 0.5) is 0 Å². The Hall–Kier alpha value is -4.35. The predicted molar refractivity (Wildman–Crippen MR) is 144 cm³/mol. The van der Waals surface area contributed by atoms with Crippen molar-refractivity contribution in [1.82, 2.24) is 25.1 Å². The number of amides is 1. The molecular weight excluding hydrogens is 474 g/mol. The predicted octanol–water partition coefficient (Wildman–Crippen LogP) is 3.44. The summed E-state index contributed by atoms with van der Waals surface area (Å²) in [7, 11) is 0. The van der Waals surface area contributed by atoms with Gasteiger partial charge < -0.3 is 10.6 Å². The van der Waals surface area contributed by atoms with Crippen molar-refractivity contribution in [3.05, 3.63) is 114 Å². The van der Waals surface area contributed by atoms with E-state index >= 15 is 0 Å². The maximum Gasteiger partial charge on any atom is 0.241 e. The summed E-state index contributed by atoms with van der Waals surface area (Å²) in [6.07, 6.45) is 2.29. The number of carbonyl (C=O) groups excluding carboxylic acids is 1. The number of rotatable bonds is 9. The molecule has 192 valence electrons. The molecule has 2 N–H and O–H groups in total. The number of hydrogen-bond donors (Lipinski definition) is 1. The third-order valence-corrected chi connectivity index (χ3v) is 7.74. The smallest absolute Gasteiger partial charge is 0.241 e. The first-order chi connectivity index (χ1) is 18.6. The third-order valence-electron chi connectivity index (χ3n) is 7.74. The molecule has 3 aromatic carbocycles. The molecule has 2 heterocycles. The summed E-state index contributed by atoms with van der Waals surface area (Å²) in [5.41, 5.74) is 7.37. The van der Waals surface area contributed by atoms with E-state index in [9.17, 15) is 10.1 Å². The second kappa shape index (κ2) is 11.0. The lowest BCUT2D eigenvalue weighted by atomic mass is 9.71. The summed E-state index contributed by atoms with van der Waals surface area (Å²) in [4.78, 5) is 15.1. The topological polar surface area (TPSA) is 114 Å². The monoisotopic (exact) mass is 505 g/mol. The molecule has 0 aliphatic carbocycles. The highest BCUT2D eigenvalue weighted by Crippen LogP contribution is 2.41. The Morgan fingerprint density at radius 2 is 1.47 bits per heavy atom. The highest BCUT2D eigenvalue weighted by Gasteiger charge is 2.42. The number of nitriles is 1. The zero-order chi connectivity index (χ0) is 26.4. The molecule has 4 aromatic rings. The maximum absolute atomic E-state index is 11.4. The van der Waals surface area contributed by atoms with E-state index in [2.05, 4.69) is 38.5 Å². The molecule has 8 heteroatoms. The Morgan fingerprint density at radius 3 is 2.00 bits per heavy atom. The van der Waals surface area contributed by atoms with Crippen molar-refractivity contribution in [2.75, 3.05) is 19.6 Å². The fourth-order valence-electron chi connectivity index (χ4n) is 5.61. The van der Waals surface area contributed by atoms with Gasteiger partial charge in [-0.3, -0.25) is 4.79 Å². The minimum atomic E-state index is -0.727. The molecule has 38 heavy (non-hydrogen) atoms. The number of hydrogen-bond acceptors (Lipinski definition) is 6. The van der Waals surface area contributed by atoms with Crippen LogP contribution in [0.15, 0.2) is 91.0 Å². The fraction of sp³-hybridized carbons (Fsp3) is 0.300. The van der Waals surface area contributed by atoms with Crippen molar-refractivity contribution in [3.63, 3.8) is 0 Å². The maximum atomic E-state index is 11.4. The normalized spacial score (nSPS) is 15.6. The van der Waals surface area contributed by atoms with E-state index in [0.717, 1.165) is 49.2 Å².